The molecule has 0 aliphatic heterocycles. The van der Waals surface area contributed by atoms with Gasteiger partial charge >= 0.3 is 0 Å². The van der Waals surface area contributed by atoms with Crippen molar-refractivity contribution in [2.45, 2.75) is 33.3 Å². The van der Waals surface area contributed by atoms with E-state index in [9.17, 15) is 19.8 Å². The van der Waals surface area contributed by atoms with Crippen LogP contribution in [0.3, 0.4) is 0 Å². The highest BCUT2D eigenvalue weighted by Crippen LogP contribution is 2.23. The minimum atomic E-state index is -1.57. The van der Waals surface area contributed by atoms with Gasteiger partial charge in [-0.2, -0.15) is 0 Å². The molecule has 1 aromatic heterocycles. The number of aromatic nitrogens is 1. The maximum Gasteiger partial charge on any atom is 0.258 e. The largest absolute Gasteiger partial charge is 0.507 e. The number of aromatic hydroxyl groups is 1. The molecule has 0 radical (unpaired) electrons. The van der Waals surface area contributed by atoms with Gasteiger partial charge in [-0.1, -0.05) is 13.8 Å². The van der Waals surface area contributed by atoms with Crippen LogP contribution in [0.5, 0.6) is 5.75 Å². The predicted molar refractivity (Wildman–Crippen MR) is 62.9 cm³/mol. The number of carbonyl (C=O) groups is 1. The summed E-state index contributed by atoms with van der Waals surface area (Å²) >= 11 is 0. The number of rotatable bonds is 4. The van der Waals surface area contributed by atoms with E-state index in [1.165, 1.54) is 6.07 Å². The third-order valence-electron chi connectivity index (χ3n) is 2.37. The maximum absolute atomic E-state index is 11.6. The number of hydrogen-bond donors (Lipinski definition) is 3. The van der Waals surface area contributed by atoms with Crippen LogP contribution in [-0.4, -0.2) is 21.0 Å². The second-order valence-corrected chi connectivity index (χ2v) is 4.55. The number of Topliss-reactive ketones (excluding diaryl/α,β-unsaturated/α-hetero) is 1. The Kier molecular flexibility index (Phi) is 4.07. The van der Waals surface area contributed by atoms with Crippen LogP contribution in [0.25, 0.3) is 0 Å². The van der Waals surface area contributed by atoms with Crippen molar-refractivity contribution in [3.05, 3.63) is 27.7 Å². The maximum atomic E-state index is 11.6. The molecule has 1 rings (SSSR count). The van der Waals surface area contributed by atoms with Crippen molar-refractivity contribution in [2.75, 3.05) is 0 Å². The van der Waals surface area contributed by atoms with Gasteiger partial charge in [-0.05, 0) is 18.9 Å². The molecule has 0 aromatic carbocycles. The van der Waals surface area contributed by atoms with Crippen LogP contribution in [0.4, 0.5) is 0 Å². The van der Waals surface area contributed by atoms with E-state index >= 15 is 0 Å². The van der Waals surface area contributed by atoms with E-state index in [2.05, 4.69) is 4.98 Å². The molecule has 0 saturated carbocycles. The van der Waals surface area contributed by atoms with Crippen LogP contribution in [0.15, 0.2) is 10.9 Å². The lowest BCUT2D eigenvalue weighted by Gasteiger charge is -2.12. The zero-order chi connectivity index (χ0) is 13.2. The van der Waals surface area contributed by atoms with Crippen molar-refractivity contribution in [3.63, 3.8) is 0 Å². The van der Waals surface area contributed by atoms with Gasteiger partial charge in [-0.3, -0.25) is 9.59 Å². The monoisotopic (exact) mass is 239 g/mol. The summed E-state index contributed by atoms with van der Waals surface area (Å²) in [6, 6.07) is 1.31. The molecular weight excluding hydrogens is 222 g/mol. The zero-order valence-electron chi connectivity index (χ0n) is 10.2. The number of pyridine rings is 1. The molecule has 0 fully saturated rings. The van der Waals surface area contributed by atoms with Crippen LogP contribution >= 0.6 is 0 Å². The van der Waals surface area contributed by atoms with Gasteiger partial charge in [0.2, 0.25) is 0 Å². The van der Waals surface area contributed by atoms with Gasteiger partial charge in [0.05, 0.1) is 5.56 Å². The van der Waals surface area contributed by atoms with Crippen molar-refractivity contribution >= 4 is 5.78 Å². The van der Waals surface area contributed by atoms with Gasteiger partial charge in [0.15, 0.2) is 5.78 Å². The first-order chi connectivity index (χ1) is 7.82. The van der Waals surface area contributed by atoms with Gasteiger partial charge in [0.1, 0.15) is 11.9 Å². The summed E-state index contributed by atoms with van der Waals surface area (Å²) in [5.74, 6) is -0.732. The lowest BCUT2D eigenvalue weighted by molar-refractivity contribution is -0.128. The molecule has 1 aromatic rings. The SMILES string of the molecule is Cc1cc(O)c(C(O)C(=O)CC(C)C)c(=O)[nH]1. The average Bonchev–Trinajstić information content (AvgIpc) is 2.14. The highest BCUT2D eigenvalue weighted by molar-refractivity contribution is 5.84. The van der Waals surface area contributed by atoms with Crippen molar-refractivity contribution in [2.24, 2.45) is 5.92 Å². The van der Waals surface area contributed by atoms with E-state index in [4.69, 9.17) is 0 Å². The second kappa shape index (κ2) is 5.14. The molecule has 0 saturated heterocycles. The Morgan fingerprint density at radius 3 is 2.53 bits per heavy atom. The van der Waals surface area contributed by atoms with Gasteiger partial charge < -0.3 is 15.2 Å². The molecule has 94 valence electrons. The lowest BCUT2D eigenvalue weighted by Crippen LogP contribution is -2.23. The zero-order valence-corrected chi connectivity index (χ0v) is 10.2. The third kappa shape index (κ3) is 3.17. The summed E-state index contributed by atoms with van der Waals surface area (Å²) in [4.78, 5) is 25.6. The highest BCUT2D eigenvalue weighted by Gasteiger charge is 2.24. The fraction of sp³-hybridized carbons (Fsp3) is 0.500. The number of ketones is 1. The molecule has 3 N–H and O–H groups in total. The normalized spacial score (nSPS) is 12.8. The number of aromatic amines is 1. The van der Waals surface area contributed by atoms with Crippen molar-refractivity contribution < 1.29 is 15.0 Å². The lowest BCUT2D eigenvalue weighted by atomic mass is 9.98. The van der Waals surface area contributed by atoms with E-state index in [-0.39, 0.29) is 23.7 Å². The Bertz CT molecular complexity index is 476. The quantitative estimate of drug-likeness (QED) is 0.732. The molecule has 0 bridgehead atoms. The van der Waals surface area contributed by atoms with E-state index in [1.807, 2.05) is 13.8 Å². The summed E-state index contributed by atoms with van der Waals surface area (Å²) in [6.07, 6.45) is -1.41. The van der Waals surface area contributed by atoms with E-state index in [0.717, 1.165) is 0 Å². The van der Waals surface area contributed by atoms with E-state index in [0.29, 0.717) is 5.69 Å². The highest BCUT2D eigenvalue weighted by atomic mass is 16.3. The minimum Gasteiger partial charge on any atom is -0.507 e. The Labute approximate surface area is 99.1 Å². The molecule has 0 aliphatic rings. The molecule has 0 aliphatic carbocycles. The van der Waals surface area contributed by atoms with Crippen LogP contribution in [-0.2, 0) is 4.79 Å². The number of H-pyrrole nitrogens is 1. The van der Waals surface area contributed by atoms with Crippen molar-refractivity contribution in [1.29, 1.82) is 0 Å². The average molecular weight is 239 g/mol. The van der Waals surface area contributed by atoms with E-state index in [1.54, 1.807) is 6.92 Å². The Morgan fingerprint density at radius 2 is 2.06 bits per heavy atom. The summed E-state index contributed by atoms with van der Waals surface area (Å²) in [7, 11) is 0. The standard InChI is InChI=1S/C12H17NO4/c1-6(2)4-9(15)11(16)10-8(14)5-7(3)13-12(10)17/h5-6,11,16H,4H2,1-3H3,(H2,13,14,17). The van der Waals surface area contributed by atoms with Crippen LogP contribution in [0, 0.1) is 12.8 Å². The first-order valence-corrected chi connectivity index (χ1v) is 5.46. The molecule has 0 amide bonds. The molecular formula is C12H17NO4. The number of nitrogens with one attached hydrogen (secondary N) is 1. The number of aliphatic hydroxyl groups excluding tert-OH is 1. The van der Waals surface area contributed by atoms with Crippen molar-refractivity contribution in [1.82, 2.24) is 4.98 Å². The fourth-order valence-electron chi connectivity index (χ4n) is 1.62. The van der Waals surface area contributed by atoms with Crippen molar-refractivity contribution in [3.8, 4) is 5.75 Å². The first-order valence-electron chi connectivity index (χ1n) is 5.46. The topological polar surface area (TPSA) is 90.4 Å². The molecule has 1 atom stereocenters. The predicted octanol–water partition coefficient (Wildman–Crippen LogP) is 1.04. The minimum absolute atomic E-state index is 0.0869. The molecule has 5 heteroatoms. The number of carbonyl (C=O) groups excluding carboxylic acids is 1. The van der Waals surface area contributed by atoms with Crippen LogP contribution < -0.4 is 5.56 Å². The van der Waals surface area contributed by atoms with E-state index < -0.39 is 17.4 Å². The number of hydrogen-bond acceptors (Lipinski definition) is 4. The van der Waals surface area contributed by atoms with Gasteiger partial charge in [-0.25, -0.2) is 0 Å². The second-order valence-electron chi connectivity index (χ2n) is 4.55. The number of aliphatic hydroxyl groups is 1. The summed E-state index contributed by atoms with van der Waals surface area (Å²) in [5, 5.41) is 19.4. The Hall–Kier alpha value is -1.62. The fourth-order valence-corrected chi connectivity index (χ4v) is 1.62. The summed E-state index contributed by atoms with van der Waals surface area (Å²) in [6.45, 7) is 5.28. The van der Waals surface area contributed by atoms with Crippen LogP contribution in [0.2, 0.25) is 0 Å². The van der Waals surface area contributed by atoms with Gasteiger partial charge in [0, 0.05) is 12.1 Å². The van der Waals surface area contributed by atoms with Gasteiger partial charge in [-0.15, -0.1) is 0 Å². The van der Waals surface area contributed by atoms with Gasteiger partial charge in [0.25, 0.3) is 5.56 Å². The summed E-state index contributed by atoms with van der Waals surface area (Å²) in [5.41, 5.74) is -0.437. The molecule has 0 spiro atoms. The van der Waals surface area contributed by atoms with Crippen LogP contribution in [0.1, 0.15) is 37.6 Å². The molecule has 1 heterocycles. The third-order valence-corrected chi connectivity index (χ3v) is 2.37. The molecule has 1 unspecified atom stereocenters. The summed E-state index contributed by atoms with van der Waals surface area (Å²) < 4.78 is 0. The molecule has 17 heavy (non-hydrogen) atoms. The Balaban J connectivity index is 3.08. The smallest absolute Gasteiger partial charge is 0.258 e. The number of aryl methyl sites for hydroxylation is 1. The molecule has 5 nitrogen and oxygen atoms in total. The first kappa shape index (κ1) is 13.4. The Morgan fingerprint density at radius 1 is 1.47 bits per heavy atom.